The van der Waals surface area contributed by atoms with Crippen molar-refractivity contribution in [3.8, 4) is 0 Å². The van der Waals surface area contributed by atoms with Crippen LogP contribution < -0.4 is 5.32 Å². The van der Waals surface area contributed by atoms with E-state index in [0.29, 0.717) is 23.2 Å². The summed E-state index contributed by atoms with van der Waals surface area (Å²) in [5, 5.41) is 3.20. The lowest BCUT2D eigenvalue weighted by molar-refractivity contribution is -0.424. The molecular formula is C25H29N2O3+. The topological polar surface area (TPSA) is 58.4 Å². The van der Waals surface area contributed by atoms with Crippen LogP contribution in [-0.2, 0) is 9.53 Å². The molecule has 0 saturated heterocycles. The van der Waals surface area contributed by atoms with Gasteiger partial charge in [0.25, 0.3) is 5.91 Å². The molecule has 156 valence electrons. The average molecular weight is 406 g/mol. The highest BCUT2D eigenvalue weighted by molar-refractivity contribution is 6.05. The van der Waals surface area contributed by atoms with Gasteiger partial charge in [-0.3, -0.25) is 4.79 Å². The highest BCUT2D eigenvalue weighted by atomic mass is 16.5. The number of carbonyl (C=O) groups excluding carboxylic acids is 2. The number of allylic oxidation sites excluding steroid dienone is 2. The van der Waals surface area contributed by atoms with Crippen molar-refractivity contribution in [1.29, 1.82) is 0 Å². The molecule has 2 aliphatic carbocycles. The summed E-state index contributed by atoms with van der Waals surface area (Å²) in [6.45, 7) is 4.49. The van der Waals surface area contributed by atoms with E-state index in [0.717, 1.165) is 24.1 Å². The fraction of sp³-hybridized carbons (Fsp3) is 0.400. The predicted molar refractivity (Wildman–Crippen MR) is 117 cm³/mol. The molecule has 1 N–H and O–H groups in total. The van der Waals surface area contributed by atoms with E-state index in [2.05, 4.69) is 19.2 Å². The third kappa shape index (κ3) is 4.02. The first-order valence-corrected chi connectivity index (χ1v) is 10.7. The van der Waals surface area contributed by atoms with E-state index in [1.165, 1.54) is 6.42 Å². The van der Waals surface area contributed by atoms with Crippen LogP contribution in [0, 0.1) is 11.8 Å². The monoisotopic (exact) mass is 405 g/mol. The molecule has 30 heavy (non-hydrogen) atoms. The summed E-state index contributed by atoms with van der Waals surface area (Å²) in [6, 6.07) is 7.53. The lowest BCUT2D eigenvalue weighted by Crippen LogP contribution is -2.43. The van der Waals surface area contributed by atoms with E-state index < -0.39 is 0 Å². The number of hydrogen-bond acceptors (Lipinski definition) is 3. The number of fused-ring (bicyclic) bond motifs is 1. The number of nitrogens with one attached hydrogen (secondary N) is 1. The molecule has 1 aliphatic heterocycles. The van der Waals surface area contributed by atoms with Crippen molar-refractivity contribution in [2.75, 3.05) is 7.05 Å². The zero-order valence-corrected chi connectivity index (χ0v) is 17.8. The minimum atomic E-state index is -0.256. The van der Waals surface area contributed by atoms with Gasteiger partial charge in [-0.25, -0.2) is 4.79 Å². The van der Waals surface area contributed by atoms with E-state index in [4.69, 9.17) is 4.74 Å². The maximum atomic E-state index is 12.7. The van der Waals surface area contributed by atoms with E-state index in [1.54, 1.807) is 29.8 Å². The van der Waals surface area contributed by atoms with Crippen LogP contribution in [0.2, 0.25) is 0 Å². The molecular weight excluding hydrogens is 376 g/mol. The molecule has 1 heterocycles. The Kier molecular flexibility index (Phi) is 5.71. The second-order valence-electron chi connectivity index (χ2n) is 8.55. The zero-order valence-electron chi connectivity index (χ0n) is 17.8. The quantitative estimate of drug-likeness (QED) is 0.616. The Morgan fingerprint density at radius 2 is 1.93 bits per heavy atom. The van der Waals surface area contributed by atoms with E-state index in [9.17, 15) is 9.59 Å². The SMILES string of the molecule is CC1CCCC(NC(=O)c2ccc(/C=C3\OC4C=CC=CC4=[N+](C)C3=O)cc2)C1C. The molecule has 1 saturated carbocycles. The molecule has 4 rings (SSSR count). The summed E-state index contributed by atoms with van der Waals surface area (Å²) in [5.74, 6) is 1.21. The molecule has 0 spiro atoms. The molecule has 1 aromatic carbocycles. The number of likely N-dealkylation sites (N-methyl/N-ethyl adjacent to an activating group) is 1. The van der Waals surface area contributed by atoms with Gasteiger partial charge in [0.05, 0.1) is 0 Å². The average Bonchev–Trinajstić information content (AvgIpc) is 2.75. The Morgan fingerprint density at radius 3 is 2.70 bits per heavy atom. The fourth-order valence-electron chi connectivity index (χ4n) is 4.40. The van der Waals surface area contributed by atoms with Crippen molar-refractivity contribution in [1.82, 2.24) is 5.32 Å². The number of ether oxygens (including phenoxy) is 1. The third-order valence-electron chi connectivity index (χ3n) is 6.61. The Balaban J connectivity index is 1.47. The van der Waals surface area contributed by atoms with Gasteiger partial charge in [0, 0.05) is 17.7 Å². The van der Waals surface area contributed by atoms with Gasteiger partial charge >= 0.3 is 5.91 Å². The lowest BCUT2D eigenvalue weighted by Gasteiger charge is -2.34. The zero-order chi connectivity index (χ0) is 21.3. The number of carbonyl (C=O) groups is 2. The van der Waals surface area contributed by atoms with Crippen molar-refractivity contribution in [2.45, 2.75) is 45.3 Å². The van der Waals surface area contributed by atoms with Gasteiger partial charge in [0.1, 0.15) is 7.05 Å². The van der Waals surface area contributed by atoms with Crippen LogP contribution >= 0.6 is 0 Å². The number of rotatable bonds is 3. The Hall–Kier alpha value is -2.95. The number of benzene rings is 1. The lowest BCUT2D eigenvalue weighted by atomic mass is 9.78. The second kappa shape index (κ2) is 8.42. The molecule has 0 aromatic heterocycles. The summed E-state index contributed by atoms with van der Waals surface area (Å²) in [4.78, 5) is 25.3. The minimum absolute atomic E-state index is 0.0387. The van der Waals surface area contributed by atoms with Crippen molar-refractivity contribution >= 4 is 23.6 Å². The van der Waals surface area contributed by atoms with Crippen LogP contribution in [0.15, 0.2) is 54.3 Å². The van der Waals surface area contributed by atoms with E-state index in [1.807, 2.05) is 36.4 Å². The van der Waals surface area contributed by atoms with E-state index in [-0.39, 0.29) is 24.0 Å². The first kappa shape index (κ1) is 20.3. The first-order valence-electron chi connectivity index (χ1n) is 10.7. The Morgan fingerprint density at radius 1 is 1.17 bits per heavy atom. The van der Waals surface area contributed by atoms with Gasteiger partial charge in [0.15, 0.2) is 0 Å². The highest BCUT2D eigenvalue weighted by Gasteiger charge is 2.37. The van der Waals surface area contributed by atoms with Crippen LogP contribution in [0.3, 0.4) is 0 Å². The largest absolute Gasteiger partial charge is 0.465 e. The molecule has 1 aromatic rings. The standard InChI is InChI=1S/C25H28N2O3/c1-16-7-6-8-20(17(16)2)26-24(28)19-13-11-18(12-14-19)15-23-25(29)27(3)21-9-4-5-10-22(21)30-23/h4-5,9-17,20,22H,6-8H2,1-3H3/p+1/b23-15-. The van der Waals surface area contributed by atoms with Gasteiger partial charge in [-0.15, -0.1) is 0 Å². The van der Waals surface area contributed by atoms with Crippen molar-refractivity contribution in [3.63, 3.8) is 0 Å². The summed E-state index contributed by atoms with van der Waals surface area (Å²) in [5.41, 5.74) is 2.28. The van der Waals surface area contributed by atoms with Gasteiger partial charge in [-0.05, 0) is 48.1 Å². The van der Waals surface area contributed by atoms with Crippen molar-refractivity contribution < 1.29 is 18.9 Å². The van der Waals surface area contributed by atoms with Crippen LogP contribution in [0.1, 0.15) is 49.0 Å². The smallest absolute Gasteiger partial charge is 0.454 e. The number of hydrogen-bond donors (Lipinski definition) is 1. The minimum Gasteiger partial charge on any atom is -0.465 e. The van der Waals surface area contributed by atoms with Crippen molar-refractivity contribution in [3.05, 3.63) is 65.5 Å². The summed E-state index contributed by atoms with van der Waals surface area (Å²) >= 11 is 0. The molecule has 5 heteroatoms. The molecule has 1 fully saturated rings. The Bertz CT molecular complexity index is 969. The van der Waals surface area contributed by atoms with E-state index >= 15 is 0 Å². The fourth-order valence-corrected chi connectivity index (χ4v) is 4.40. The van der Waals surface area contributed by atoms with Crippen LogP contribution in [-0.4, -0.2) is 41.3 Å². The predicted octanol–water partition coefficient (Wildman–Crippen LogP) is 3.72. The van der Waals surface area contributed by atoms with Crippen LogP contribution in [0.5, 0.6) is 0 Å². The molecule has 4 atom stereocenters. The third-order valence-corrected chi connectivity index (χ3v) is 6.61. The van der Waals surface area contributed by atoms with Gasteiger partial charge < -0.3 is 10.1 Å². The highest BCUT2D eigenvalue weighted by Crippen LogP contribution is 2.29. The van der Waals surface area contributed by atoms with Crippen molar-refractivity contribution in [2.24, 2.45) is 11.8 Å². The molecule has 3 aliphatic rings. The van der Waals surface area contributed by atoms with Crippen LogP contribution in [0.4, 0.5) is 0 Å². The molecule has 0 radical (unpaired) electrons. The molecule has 0 bridgehead atoms. The first-order chi connectivity index (χ1) is 14.4. The maximum absolute atomic E-state index is 12.7. The van der Waals surface area contributed by atoms with Crippen LogP contribution in [0.25, 0.3) is 6.08 Å². The van der Waals surface area contributed by atoms with Gasteiger partial charge in [-0.1, -0.05) is 51.0 Å². The van der Waals surface area contributed by atoms with Gasteiger partial charge in [0.2, 0.25) is 17.6 Å². The second-order valence-corrected chi connectivity index (χ2v) is 8.55. The normalized spacial score (nSPS) is 29.6. The maximum Gasteiger partial charge on any atom is 0.454 e. The molecule has 4 unspecified atom stereocenters. The number of nitrogens with zero attached hydrogens (tertiary/aromatic N) is 1. The Labute approximate surface area is 177 Å². The molecule has 2 amide bonds. The summed E-state index contributed by atoms with van der Waals surface area (Å²) in [7, 11) is 1.76. The summed E-state index contributed by atoms with van der Waals surface area (Å²) in [6.07, 6.45) is 12.5. The summed E-state index contributed by atoms with van der Waals surface area (Å²) < 4.78 is 7.51. The number of amides is 2. The van der Waals surface area contributed by atoms with Gasteiger partial charge in [-0.2, -0.15) is 4.58 Å². The molecule has 5 nitrogen and oxygen atoms in total.